The van der Waals surface area contributed by atoms with Crippen LogP contribution in [0.4, 0.5) is 13.2 Å². The van der Waals surface area contributed by atoms with E-state index >= 15 is 13.2 Å². The van der Waals surface area contributed by atoms with Gasteiger partial charge in [-0.25, -0.2) is 0 Å². The zero-order valence-corrected chi connectivity index (χ0v) is 52.0. The van der Waals surface area contributed by atoms with Gasteiger partial charge in [-0.15, -0.1) is 0 Å². The maximum atomic E-state index is 16.0. The Morgan fingerprint density at radius 3 is 0.755 bits per heavy atom. The van der Waals surface area contributed by atoms with E-state index in [-0.39, 0.29) is 22.3 Å². The second-order valence-electron chi connectivity index (χ2n) is 25.3. The lowest BCUT2D eigenvalue weighted by atomic mass is 9.90. The largest absolute Gasteiger partial charge is 0.417 e. The molecule has 458 valence electrons. The van der Waals surface area contributed by atoms with E-state index < -0.39 is 11.7 Å². The fourth-order valence-electron chi connectivity index (χ4n) is 16.3. The first-order valence-corrected chi connectivity index (χ1v) is 32.5. The van der Waals surface area contributed by atoms with Crippen LogP contribution in [-0.4, -0.2) is 27.4 Å². The van der Waals surface area contributed by atoms with Gasteiger partial charge < -0.3 is 27.4 Å². The number of rotatable bonds is 7. The van der Waals surface area contributed by atoms with Crippen molar-refractivity contribution in [2.75, 3.05) is 0 Å². The Balaban J connectivity index is 0.981. The van der Waals surface area contributed by atoms with Crippen molar-refractivity contribution >= 4 is 131 Å². The summed E-state index contributed by atoms with van der Waals surface area (Å²) in [7, 11) is 0. The van der Waals surface area contributed by atoms with E-state index in [1.807, 2.05) is 24.3 Å². The van der Waals surface area contributed by atoms with Gasteiger partial charge in [0.25, 0.3) is 0 Å². The maximum absolute atomic E-state index is 16.0. The Labute approximate surface area is 556 Å². The van der Waals surface area contributed by atoms with Crippen molar-refractivity contribution in [1.29, 1.82) is 10.5 Å². The summed E-state index contributed by atoms with van der Waals surface area (Å²) >= 11 is 0. The van der Waals surface area contributed by atoms with Gasteiger partial charge in [0.15, 0.2) is 0 Å². The van der Waals surface area contributed by atoms with Crippen LogP contribution in [0.2, 0.25) is 0 Å². The molecule has 0 saturated heterocycles. The lowest BCUT2D eigenvalue weighted by molar-refractivity contribution is -0.137. The summed E-state index contributed by atoms with van der Waals surface area (Å²) in [4.78, 5) is 0. The van der Waals surface area contributed by atoms with E-state index in [0.717, 1.165) is 160 Å². The van der Waals surface area contributed by atoms with Gasteiger partial charge in [-0.3, -0.25) is 0 Å². The number of hydrogen-bond acceptors (Lipinski definition) is 2. The Kier molecular flexibility index (Phi) is 11.6. The Morgan fingerprint density at radius 2 is 0.490 bits per heavy atom. The van der Waals surface area contributed by atoms with Crippen LogP contribution in [0, 0.1) is 22.7 Å². The Bertz CT molecular complexity index is 6410. The first-order chi connectivity index (χ1) is 48.2. The monoisotopic (exact) mass is 1260 g/mol. The molecule has 98 heavy (non-hydrogen) atoms. The highest BCUT2D eigenvalue weighted by Gasteiger charge is 2.36. The van der Waals surface area contributed by atoms with Crippen molar-refractivity contribution in [3.05, 3.63) is 314 Å². The topological polar surface area (TPSA) is 77.2 Å². The zero-order valence-electron chi connectivity index (χ0n) is 52.0. The van der Waals surface area contributed by atoms with Crippen LogP contribution in [0.3, 0.4) is 0 Å². The number of hydrogen-bond donors (Lipinski definition) is 0. The number of nitrogens with zero attached hydrogens (tertiary/aromatic N) is 8. The van der Waals surface area contributed by atoms with E-state index in [2.05, 4.69) is 282 Å². The van der Waals surface area contributed by atoms with E-state index in [1.54, 1.807) is 12.1 Å². The highest BCUT2D eigenvalue weighted by Crippen LogP contribution is 2.48. The summed E-state index contributed by atoms with van der Waals surface area (Å²) in [6, 6.07) is 105. The minimum absolute atomic E-state index is 0.0412. The third-order valence-corrected chi connectivity index (χ3v) is 20.3. The van der Waals surface area contributed by atoms with Crippen LogP contribution in [-0.2, 0) is 6.18 Å². The molecule has 0 aliphatic heterocycles. The van der Waals surface area contributed by atoms with E-state index in [1.165, 1.54) is 12.1 Å². The van der Waals surface area contributed by atoms with Crippen molar-refractivity contribution in [1.82, 2.24) is 27.4 Å². The molecule has 20 aromatic rings. The lowest BCUT2D eigenvalue weighted by Crippen LogP contribution is -2.10. The van der Waals surface area contributed by atoms with E-state index in [0.29, 0.717) is 11.4 Å². The van der Waals surface area contributed by atoms with Gasteiger partial charge in [0.2, 0.25) is 0 Å². The standard InChI is InChI=1S/C87H49F3N8/c88-87(89,90)71-27-17-18-52(50-91)86(71)70-49-85(98-82-47-56(95-76-32-13-5-23-62(76)63-24-6-14-33-77(63)95)38-42-68(82)69-43-39-57(48-83(69)98)96-78-34-15-7-25-64(78)65-26-8-16-35-79(65)96)84(44-53(70)51-92)97-80-45-54(93-72-28-9-1-19-58(72)59-20-2-10-29-73(59)93)36-40-66(80)67-41-37-55(46-81(67)97)94-74-30-11-3-21-60(74)61-22-4-12-31-75(61)94/h1-49H. The minimum Gasteiger partial charge on any atom is -0.309 e. The van der Waals surface area contributed by atoms with Gasteiger partial charge in [0.1, 0.15) is 0 Å². The van der Waals surface area contributed by atoms with Gasteiger partial charge in [0, 0.05) is 98.5 Å². The van der Waals surface area contributed by atoms with Crippen molar-refractivity contribution in [2.45, 2.75) is 6.18 Å². The van der Waals surface area contributed by atoms with E-state index in [9.17, 15) is 10.5 Å². The van der Waals surface area contributed by atoms with Crippen LogP contribution in [0.15, 0.2) is 297 Å². The average Bonchev–Trinajstić information content (AvgIpc) is 1.63. The van der Waals surface area contributed by atoms with Crippen LogP contribution < -0.4 is 0 Å². The fraction of sp³-hybridized carbons (Fsp3) is 0.0115. The average molecular weight is 1260 g/mol. The summed E-state index contributed by atoms with van der Waals surface area (Å²) in [6.45, 7) is 0. The third-order valence-electron chi connectivity index (χ3n) is 20.3. The summed E-state index contributed by atoms with van der Waals surface area (Å²) in [5.74, 6) is 0. The number of aromatic nitrogens is 6. The molecule has 0 unspecified atom stereocenters. The smallest absolute Gasteiger partial charge is 0.309 e. The molecule has 14 aromatic carbocycles. The molecule has 0 radical (unpaired) electrons. The molecule has 0 aliphatic carbocycles. The van der Waals surface area contributed by atoms with Crippen molar-refractivity contribution in [2.24, 2.45) is 0 Å². The molecule has 0 atom stereocenters. The first-order valence-electron chi connectivity index (χ1n) is 32.5. The third kappa shape index (κ3) is 7.75. The Morgan fingerprint density at radius 1 is 0.235 bits per heavy atom. The van der Waals surface area contributed by atoms with Crippen LogP contribution in [0.1, 0.15) is 16.7 Å². The second kappa shape index (κ2) is 20.6. The summed E-state index contributed by atoms with van der Waals surface area (Å²) < 4.78 is 61.6. The van der Waals surface area contributed by atoms with E-state index in [4.69, 9.17) is 0 Å². The molecule has 0 spiro atoms. The van der Waals surface area contributed by atoms with Crippen molar-refractivity contribution in [3.63, 3.8) is 0 Å². The summed E-state index contributed by atoms with van der Waals surface area (Å²) in [5.41, 5.74) is 13.8. The molecule has 0 aliphatic rings. The number of para-hydroxylation sites is 8. The number of nitriles is 2. The highest BCUT2D eigenvalue weighted by atomic mass is 19.4. The molecule has 0 N–H and O–H groups in total. The number of benzene rings is 14. The molecule has 8 nitrogen and oxygen atoms in total. The first kappa shape index (κ1) is 55.1. The normalized spacial score (nSPS) is 12.2. The molecule has 0 amide bonds. The Hall–Kier alpha value is -13.4. The molecular weight excluding hydrogens is 1210 g/mol. The van der Waals surface area contributed by atoms with Crippen molar-refractivity contribution in [3.8, 4) is 57.4 Å². The van der Waals surface area contributed by atoms with Crippen LogP contribution in [0.5, 0.6) is 0 Å². The van der Waals surface area contributed by atoms with Crippen LogP contribution in [0.25, 0.3) is 176 Å². The SMILES string of the molecule is N#Cc1cc(-n2c3cc(-n4c5ccccc5c5ccccc54)ccc3c3ccc(-n4c5ccccc5c5ccccc54)cc32)c(-n2c3cc(-n4c5ccccc5c5ccccc54)ccc3c3ccc(-n4c5ccccc5c5ccccc54)cc32)cc1-c1c(C#N)cccc1C(F)(F)F. The number of fused-ring (bicyclic) bond motifs is 18. The second-order valence-corrected chi connectivity index (χ2v) is 25.3. The molecular formula is C87H49F3N8. The molecule has 11 heteroatoms. The molecule has 0 fully saturated rings. The van der Waals surface area contributed by atoms with Gasteiger partial charge in [0.05, 0.1) is 106 Å². The lowest BCUT2D eigenvalue weighted by Gasteiger charge is -2.22. The zero-order chi connectivity index (χ0) is 65.2. The van der Waals surface area contributed by atoms with Crippen LogP contribution >= 0.6 is 0 Å². The van der Waals surface area contributed by atoms with Gasteiger partial charge in [-0.05, 0) is 121 Å². The maximum Gasteiger partial charge on any atom is 0.417 e. The fourth-order valence-corrected chi connectivity index (χ4v) is 16.3. The molecule has 0 saturated carbocycles. The molecule has 20 rings (SSSR count). The predicted molar refractivity (Wildman–Crippen MR) is 392 cm³/mol. The predicted octanol–water partition coefficient (Wildman–Crippen LogP) is 22.7. The van der Waals surface area contributed by atoms with Gasteiger partial charge >= 0.3 is 6.18 Å². The quantitative estimate of drug-likeness (QED) is 0.159. The van der Waals surface area contributed by atoms with Gasteiger partial charge in [-0.1, -0.05) is 176 Å². The number of alkyl halides is 3. The minimum atomic E-state index is -4.92. The highest BCUT2D eigenvalue weighted by molar-refractivity contribution is 6.17. The molecule has 0 bridgehead atoms. The summed E-state index contributed by atoms with van der Waals surface area (Å²) in [5, 5.41) is 35.2. The summed E-state index contributed by atoms with van der Waals surface area (Å²) in [6.07, 6.45) is -4.92. The van der Waals surface area contributed by atoms with Crippen molar-refractivity contribution < 1.29 is 13.2 Å². The molecule has 6 aromatic heterocycles. The van der Waals surface area contributed by atoms with Gasteiger partial charge in [-0.2, -0.15) is 23.7 Å². The number of halogens is 3. The molecule has 6 heterocycles.